The van der Waals surface area contributed by atoms with Crippen molar-refractivity contribution in [2.24, 2.45) is 0 Å². The van der Waals surface area contributed by atoms with E-state index in [0.717, 1.165) is 5.57 Å². The maximum absolute atomic E-state index is 11.1. The fourth-order valence-electron chi connectivity index (χ4n) is 2.64. The van der Waals surface area contributed by atoms with Crippen LogP contribution < -0.4 is 9.26 Å². The van der Waals surface area contributed by atoms with Crippen molar-refractivity contribution in [3.8, 4) is 11.5 Å². The lowest BCUT2D eigenvalue weighted by atomic mass is 9.99. The molecular weight excluding hydrogens is 375 g/mol. The molecule has 2 N–H and O–H groups in total. The van der Waals surface area contributed by atoms with Crippen molar-refractivity contribution in [3.63, 3.8) is 0 Å². The molecule has 0 saturated heterocycles. The van der Waals surface area contributed by atoms with Crippen molar-refractivity contribution in [2.75, 3.05) is 28.4 Å². The molecule has 1 aromatic carbocycles. The van der Waals surface area contributed by atoms with Crippen LogP contribution in [-0.4, -0.2) is 50.4 Å². The molecule has 0 bridgehead atoms. The summed E-state index contributed by atoms with van der Waals surface area (Å²) >= 11 is 0. The summed E-state index contributed by atoms with van der Waals surface area (Å²) in [6, 6.07) is 4.78. The van der Waals surface area contributed by atoms with Gasteiger partial charge in [-0.1, -0.05) is 18.2 Å². The van der Waals surface area contributed by atoms with Gasteiger partial charge in [0.25, 0.3) is 0 Å². The van der Waals surface area contributed by atoms with Crippen LogP contribution in [0.1, 0.15) is 5.56 Å². The van der Waals surface area contributed by atoms with E-state index < -0.39 is 7.82 Å². The Bertz CT molecular complexity index is 793. The molecule has 2 unspecified atom stereocenters. The highest BCUT2D eigenvalue weighted by atomic mass is 31.2. The van der Waals surface area contributed by atoms with Crippen molar-refractivity contribution in [2.45, 2.75) is 12.2 Å². The Balaban J connectivity index is 2.29. The molecule has 27 heavy (non-hydrogen) atoms. The van der Waals surface area contributed by atoms with Crippen LogP contribution in [0.25, 0.3) is 6.08 Å². The molecule has 0 heterocycles. The zero-order valence-electron chi connectivity index (χ0n) is 15.5. The fraction of sp³-hybridized carbons (Fsp3) is 0.333. The smallest absolute Gasteiger partial charge is 0.498 e. The molecule has 1 aliphatic carbocycles. The van der Waals surface area contributed by atoms with Crippen LogP contribution in [0.4, 0.5) is 0 Å². The summed E-state index contributed by atoms with van der Waals surface area (Å²) in [5.74, 6) is 0.802. The monoisotopic (exact) mass is 398 g/mol. The normalized spacial score (nSPS) is 20.2. The second-order valence-electron chi connectivity index (χ2n) is 5.60. The van der Waals surface area contributed by atoms with Gasteiger partial charge >= 0.3 is 7.82 Å². The van der Waals surface area contributed by atoms with Gasteiger partial charge in [-0.15, -0.1) is 0 Å². The Labute approximate surface area is 157 Å². The van der Waals surface area contributed by atoms with E-state index in [1.807, 2.05) is 18.2 Å². The van der Waals surface area contributed by atoms with E-state index in [2.05, 4.69) is 4.52 Å². The van der Waals surface area contributed by atoms with Gasteiger partial charge in [0.05, 0.1) is 14.2 Å². The van der Waals surface area contributed by atoms with Gasteiger partial charge in [-0.2, -0.15) is 0 Å². The molecule has 0 aromatic heterocycles. The Hall–Kier alpha value is -2.09. The highest BCUT2D eigenvalue weighted by Gasteiger charge is 2.28. The summed E-state index contributed by atoms with van der Waals surface area (Å²) in [6.45, 7) is 0. The second-order valence-corrected chi connectivity index (χ2v) is 6.76. The minimum atomic E-state index is -4.70. The molecule has 0 aliphatic heterocycles. The fourth-order valence-corrected chi connectivity index (χ4v) is 3.04. The number of phosphoric ester groups is 1. The first-order valence-electron chi connectivity index (χ1n) is 7.95. The number of hydrogen-bond acceptors (Lipinski definition) is 6. The molecule has 148 valence electrons. The Kier molecular flexibility index (Phi) is 7.24. The number of ether oxygens (including phenoxy) is 4. The van der Waals surface area contributed by atoms with E-state index >= 15 is 0 Å². The highest BCUT2D eigenvalue weighted by molar-refractivity contribution is 7.46. The van der Waals surface area contributed by atoms with E-state index in [0.29, 0.717) is 11.3 Å². The van der Waals surface area contributed by atoms with Gasteiger partial charge in [-0.25, -0.2) is 4.57 Å². The molecular formula is C18H23O8P. The van der Waals surface area contributed by atoms with Crippen molar-refractivity contribution < 1.29 is 37.8 Å². The van der Waals surface area contributed by atoms with E-state index in [1.54, 1.807) is 39.5 Å². The van der Waals surface area contributed by atoms with Crippen LogP contribution >= 0.6 is 7.82 Å². The Morgan fingerprint density at radius 3 is 2.30 bits per heavy atom. The van der Waals surface area contributed by atoms with Gasteiger partial charge in [-0.05, 0) is 35.4 Å². The van der Waals surface area contributed by atoms with Crippen LogP contribution in [-0.2, 0) is 18.8 Å². The van der Waals surface area contributed by atoms with Gasteiger partial charge in [0.2, 0.25) is 0 Å². The van der Waals surface area contributed by atoms with Gasteiger partial charge in [0, 0.05) is 14.2 Å². The Morgan fingerprint density at radius 1 is 1.00 bits per heavy atom. The highest BCUT2D eigenvalue weighted by Crippen LogP contribution is 2.42. The lowest BCUT2D eigenvalue weighted by Crippen LogP contribution is -2.33. The van der Waals surface area contributed by atoms with E-state index in [4.69, 9.17) is 28.7 Å². The maximum Gasteiger partial charge on any atom is 0.524 e. The molecule has 0 fully saturated rings. The van der Waals surface area contributed by atoms with Crippen molar-refractivity contribution in [1.82, 2.24) is 0 Å². The molecule has 2 atom stereocenters. The molecule has 0 spiro atoms. The number of benzene rings is 1. The minimum absolute atomic E-state index is 0.0482. The van der Waals surface area contributed by atoms with Crippen LogP contribution in [0.3, 0.4) is 0 Å². The molecule has 8 nitrogen and oxygen atoms in total. The number of allylic oxidation sites excluding steroid dienone is 3. The standard InChI is InChI=1S/C18H23O8P/c1-22-14-8-7-12(9-15(14)26-27(19,20)21)5-6-13-10-16(23-2)18(25-4)17(11-13)24-3/h5-11,16,18H,1-4H3,(H2,19,20,21)/b6-5-. The zero-order valence-corrected chi connectivity index (χ0v) is 16.4. The summed E-state index contributed by atoms with van der Waals surface area (Å²) in [5.41, 5.74) is 1.50. The third-order valence-electron chi connectivity index (χ3n) is 3.88. The number of methoxy groups -OCH3 is 4. The predicted molar refractivity (Wildman–Crippen MR) is 99.5 cm³/mol. The van der Waals surface area contributed by atoms with Gasteiger partial charge in [0.1, 0.15) is 18.0 Å². The van der Waals surface area contributed by atoms with Crippen molar-refractivity contribution >= 4 is 13.9 Å². The first-order valence-corrected chi connectivity index (χ1v) is 9.48. The molecule has 0 saturated carbocycles. The molecule has 0 amide bonds. The Morgan fingerprint density at radius 2 is 1.74 bits per heavy atom. The average molecular weight is 398 g/mol. The van der Waals surface area contributed by atoms with Crippen LogP contribution in [0, 0.1) is 0 Å². The quantitative estimate of drug-likeness (QED) is 0.645. The summed E-state index contributed by atoms with van der Waals surface area (Å²) in [7, 11) is 1.42. The summed E-state index contributed by atoms with van der Waals surface area (Å²) in [5, 5.41) is 0. The van der Waals surface area contributed by atoms with Gasteiger partial charge < -0.3 is 23.5 Å². The summed E-state index contributed by atoms with van der Waals surface area (Å²) < 4.78 is 37.1. The maximum atomic E-state index is 11.1. The summed E-state index contributed by atoms with van der Waals surface area (Å²) in [4.78, 5) is 18.1. The van der Waals surface area contributed by atoms with Crippen LogP contribution in [0.15, 0.2) is 47.8 Å². The van der Waals surface area contributed by atoms with Gasteiger partial charge in [0.15, 0.2) is 11.5 Å². The lowest BCUT2D eigenvalue weighted by Gasteiger charge is -2.27. The predicted octanol–water partition coefficient (Wildman–Crippen LogP) is 2.68. The number of phosphoric acid groups is 1. The van der Waals surface area contributed by atoms with Crippen LogP contribution in [0.5, 0.6) is 11.5 Å². The second kappa shape index (κ2) is 9.21. The van der Waals surface area contributed by atoms with Crippen LogP contribution in [0.2, 0.25) is 0 Å². The largest absolute Gasteiger partial charge is 0.524 e. The van der Waals surface area contributed by atoms with E-state index in [-0.39, 0.29) is 23.7 Å². The van der Waals surface area contributed by atoms with E-state index in [9.17, 15) is 4.57 Å². The third-order valence-corrected chi connectivity index (χ3v) is 4.31. The van der Waals surface area contributed by atoms with Gasteiger partial charge in [-0.3, -0.25) is 9.79 Å². The molecule has 1 aliphatic rings. The molecule has 2 rings (SSSR count). The number of hydrogen-bond donors (Lipinski definition) is 2. The third kappa shape index (κ3) is 5.69. The van der Waals surface area contributed by atoms with E-state index in [1.165, 1.54) is 13.2 Å². The lowest BCUT2D eigenvalue weighted by molar-refractivity contribution is -0.0187. The zero-order chi connectivity index (χ0) is 20.0. The summed E-state index contributed by atoms with van der Waals surface area (Å²) in [6.07, 6.45) is 6.67. The minimum Gasteiger partial charge on any atom is -0.498 e. The SMILES string of the molecule is COC1=CC(/C=C\c2ccc(OC)c(OP(=O)(O)O)c2)=CC(OC)C1OC. The molecule has 0 radical (unpaired) electrons. The number of rotatable bonds is 8. The first kappa shape index (κ1) is 21.2. The average Bonchev–Trinajstić information content (AvgIpc) is 2.64. The molecule has 1 aromatic rings. The van der Waals surface area contributed by atoms with Crippen molar-refractivity contribution in [3.05, 3.63) is 53.3 Å². The van der Waals surface area contributed by atoms with Crippen molar-refractivity contribution in [1.29, 1.82) is 0 Å². The topological polar surface area (TPSA) is 104 Å². The molecule has 9 heteroatoms. The first-order chi connectivity index (χ1) is 12.8.